The fourth-order valence-corrected chi connectivity index (χ4v) is 7.89. The third kappa shape index (κ3) is 3.27. The van der Waals surface area contributed by atoms with Gasteiger partial charge in [-0.15, -0.1) is 11.3 Å². The van der Waals surface area contributed by atoms with Crippen LogP contribution in [-0.2, 0) is 0 Å². The van der Waals surface area contributed by atoms with Crippen molar-refractivity contribution in [3.63, 3.8) is 0 Å². The van der Waals surface area contributed by atoms with E-state index in [1.54, 1.807) is 0 Å². The molecule has 0 saturated heterocycles. The molecule has 0 aliphatic carbocycles. The van der Waals surface area contributed by atoms with E-state index >= 15 is 0 Å². The molecule has 0 radical (unpaired) electrons. The van der Waals surface area contributed by atoms with Crippen molar-refractivity contribution in [2.75, 3.05) is 0 Å². The zero-order chi connectivity index (χ0) is 25.2. The smallest absolute Gasteiger partial charge is 0.0433 e. The largest absolute Gasteiger partial charge is 0.135 e. The Morgan fingerprint density at radius 3 is 1.84 bits per heavy atom. The molecule has 0 aliphatic rings. The van der Waals surface area contributed by atoms with Crippen LogP contribution in [-0.4, -0.2) is 0 Å². The maximum Gasteiger partial charge on any atom is 0.0433 e. The van der Waals surface area contributed by atoms with Gasteiger partial charge in [-0.05, 0) is 82.6 Å². The van der Waals surface area contributed by atoms with E-state index in [0.717, 1.165) is 4.47 Å². The Morgan fingerprint density at radius 2 is 1.08 bits per heavy atom. The van der Waals surface area contributed by atoms with E-state index in [2.05, 4.69) is 143 Å². The molecule has 8 rings (SSSR count). The number of hydrogen-bond donors (Lipinski definition) is 0. The predicted octanol–water partition coefficient (Wildman–Crippen LogP) is 11.6. The van der Waals surface area contributed by atoms with Crippen molar-refractivity contribution < 1.29 is 0 Å². The van der Waals surface area contributed by atoms with Gasteiger partial charge >= 0.3 is 0 Å². The molecule has 7 aromatic carbocycles. The molecule has 38 heavy (non-hydrogen) atoms. The normalized spacial score (nSPS) is 11.8. The van der Waals surface area contributed by atoms with Crippen molar-refractivity contribution in [1.82, 2.24) is 0 Å². The third-order valence-electron chi connectivity index (χ3n) is 7.71. The van der Waals surface area contributed by atoms with Crippen molar-refractivity contribution in [2.24, 2.45) is 0 Å². The highest BCUT2D eigenvalue weighted by Gasteiger charge is 2.16. The van der Waals surface area contributed by atoms with Crippen LogP contribution in [0, 0.1) is 0 Å². The molecule has 0 spiro atoms. The lowest BCUT2D eigenvalue weighted by Crippen LogP contribution is -1.87. The van der Waals surface area contributed by atoms with Crippen LogP contribution in [0.3, 0.4) is 0 Å². The van der Waals surface area contributed by atoms with Gasteiger partial charge in [0.15, 0.2) is 0 Å². The molecule has 0 N–H and O–H groups in total. The molecule has 0 aliphatic heterocycles. The Labute approximate surface area is 232 Å². The Bertz CT molecular complexity index is 2150. The maximum absolute atomic E-state index is 3.90. The van der Waals surface area contributed by atoms with Gasteiger partial charge in [-0.2, -0.15) is 0 Å². The monoisotopic (exact) mass is 564 g/mol. The third-order valence-corrected chi connectivity index (χ3v) is 9.77. The molecule has 0 atom stereocenters. The quantitative estimate of drug-likeness (QED) is 0.183. The van der Waals surface area contributed by atoms with E-state index < -0.39 is 0 Å². The van der Waals surface area contributed by atoms with Gasteiger partial charge in [0.05, 0.1) is 0 Å². The molecule has 0 nitrogen and oxygen atoms in total. The minimum atomic E-state index is 1.16. The highest BCUT2D eigenvalue weighted by Crippen LogP contribution is 2.45. The first kappa shape index (κ1) is 22.0. The van der Waals surface area contributed by atoms with Crippen LogP contribution in [0.15, 0.2) is 132 Å². The summed E-state index contributed by atoms with van der Waals surface area (Å²) in [6, 6.07) is 46.6. The SMILES string of the molecule is Brc1c2ccccc2c(-c2ccc3c(c2)sc2c(-c4ccc5ccccc5c4)cccc23)c2ccccc12. The number of benzene rings is 7. The van der Waals surface area contributed by atoms with Gasteiger partial charge in [0.2, 0.25) is 0 Å². The van der Waals surface area contributed by atoms with Crippen LogP contribution >= 0.6 is 27.3 Å². The molecular weight excluding hydrogens is 544 g/mol. The Kier molecular flexibility index (Phi) is 4.95. The summed E-state index contributed by atoms with van der Waals surface area (Å²) < 4.78 is 3.83. The second-order valence-electron chi connectivity index (χ2n) is 9.84. The topological polar surface area (TPSA) is 0 Å². The van der Waals surface area contributed by atoms with Gasteiger partial charge in [0.25, 0.3) is 0 Å². The molecule has 8 aromatic rings. The van der Waals surface area contributed by atoms with Crippen molar-refractivity contribution in [3.05, 3.63) is 132 Å². The zero-order valence-electron chi connectivity index (χ0n) is 20.4. The summed E-state index contributed by atoms with van der Waals surface area (Å²) in [7, 11) is 0. The van der Waals surface area contributed by atoms with Crippen LogP contribution in [0.4, 0.5) is 0 Å². The fourth-order valence-electron chi connectivity index (χ4n) is 5.92. The average Bonchev–Trinajstić information content (AvgIpc) is 3.35. The van der Waals surface area contributed by atoms with Gasteiger partial charge < -0.3 is 0 Å². The Morgan fingerprint density at radius 1 is 0.447 bits per heavy atom. The van der Waals surface area contributed by atoms with E-state index in [1.165, 1.54) is 74.7 Å². The minimum Gasteiger partial charge on any atom is -0.135 e. The van der Waals surface area contributed by atoms with Crippen molar-refractivity contribution in [3.8, 4) is 22.3 Å². The first-order chi connectivity index (χ1) is 18.8. The lowest BCUT2D eigenvalue weighted by Gasteiger charge is -2.14. The summed E-state index contributed by atoms with van der Waals surface area (Å²) in [5.74, 6) is 0. The van der Waals surface area contributed by atoms with Gasteiger partial charge in [-0.3, -0.25) is 0 Å². The molecule has 1 heterocycles. The molecule has 2 heteroatoms. The van der Waals surface area contributed by atoms with Crippen LogP contribution in [0.25, 0.3) is 74.7 Å². The standard InChI is InChI=1S/C36H21BrS/c37-35-30-12-5-3-10-28(30)34(29-11-4-6-13-31(29)35)25-18-19-27-32-15-7-14-26(36(32)38-33(27)21-25)24-17-16-22-8-1-2-9-23(22)20-24/h1-21H. The second-order valence-corrected chi connectivity index (χ2v) is 11.7. The molecule has 0 saturated carbocycles. The molecule has 0 unspecified atom stereocenters. The van der Waals surface area contributed by atoms with E-state index in [-0.39, 0.29) is 0 Å². The van der Waals surface area contributed by atoms with E-state index in [9.17, 15) is 0 Å². The highest BCUT2D eigenvalue weighted by atomic mass is 79.9. The van der Waals surface area contributed by atoms with Gasteiger partial charge in [0, 0.05) is 24.6 Å². The van der Waals surface area contributed by atoms with Crippen LogP contribution < -0.4 is 0 Å². The summed E-state index contributed by atoms with van der Waals surface area (Å²) in [5, 5.41) is 10.2. The van der Waals surface area contributed by atoms with Crippen molar-refractivity contribution in [2.45, 2.75) is 0 Å². The second kappa shape index (κ2) is 8.52. The molecular formula is C36H21BrS. The molecule has 0 fully saturated rings. The fraction of sp³-hybridized carbons (Fsp3) is 0. The number of fused-ring (bicyclic) bond motifs is 6. The van der Waals surface area contributed by atoms with E-state index in [1.807, 2.05) is 11.3 Å². The number of thiophene rings is 1. The average molecular weight is 566 g/mol. The Hall–Kier alpha value is -3.98. The van der Waals surface area contributed by atoms with Crippen LogP contribution in [0.2, 0.25) is 0 Å². The van der Waals surface area contributed by atoms with Crippen molar-refractivity contribution >= 4 is 79.8 Å². The summed E-state index contributed by atoms with van der Waals surface area (Å²) in [6.45, 7) is 0. The number of halogens is 1. The minimum absolute atomic E-state index is 1.16. The lowest BCUT2D eigenvalue weighted by atomic mass is 9.91. The molecule has 1 aromatic heterocycles. The first-order valence-corrected chi connectivity index (χ1v) is 14.4. The molecule has 178 valence electrons. The summed E-state index contributed by atoms with van der Waals surface area (Å²) >= 11 is 5.80. The number of rotatable bonds is 2. The molecule has 0 amide bonds. The molecule has 0 bridgehead atoms. The lowest BCUT2D eigenvalue weighted by molar-refractivity contribution is 1.70. The summed E-state index contributed by atoms with van der Waals surface area (Å²) in [5.41, 5.74) is 5.13. The van der Waals surface area contributed by atoms with Gasteiger partial charge in [-0.25, -0.2) is 0 Å². The van der Waals surface area contributed by atoms with E-state index in [0.29, 0.717) is 0 Å². The van der Waals surface area contributed by atoms with Gasteiger partial charge in [0.1, 0.15) is 0 Å². The zero-order valence-corrected chi connectivity index (χ0v) is 22.8. The summed E-state index contributed by atoms with van der Waals surface area (Å²) in [6.07, 6.45) is 0. The Balaban J connectivity index is 1.38. The van der Waals surface area contributed by atoms with Gasteiger partial charge in [-0.1, -0.05) is 115 Å². The first-order valence-electron chi connectivity index (χ1n) is 12.8. The summed E-state index contributed by atoms with van der Waals surface area (Å²) in [4.78, 5) is 0. The van der Waals surface area contributed by atoms with E-state index in [4.69, 9.17) is 0 Å². The highest BCUT2D eigenvalue weighted by molar-refractivity contribution is 9.10. The number of hydrogen-bond acceptors (Lipinski definition) is 1. The predicted molar refractivity (Wildman–Crippen MR) is 170 cm³/mol. The van der Waals surface area contributed by atoms with Crippen molar-refractivity contribution in [1.29, 1.82) is 0 Å². The maximum atomic E-state index is 3.90. The van der Waals surface area contributed by atoms with Crippen LogP contribution in [0.1, 0.15) is 0 Å². The van der Waals surface area contributed by atoms with Crippen LogP contribution in [0.5, 0.6) is 0 Å².